The lowest BCUT2D eigenvalue weighted by Gasteiger charge is -2.09. The Morgan fingerprint density at radius 3 is 2.50 bits per heavy atom. The molecule has 2 N–H and O–H groups in total. The summed E-state index contributed by atoms with van der Waals surface area (Å²) in [5, 5.41) is 0. The highest BCUT2D eigenvalue weighted by molar-refractivity contribution is 9.10. The molecule has 94 valence electrons. The zero-order valence-electron chi connectivity index (χ0n) is 9.57. The Bertz CT molecular complexity index is 529. The van der Waals surface area contributed by atoms with Gasteiger partial charge in [0, 0.05) is 27.3 Å². The number of hydrogen-bond donors (Lipinski definition) is 1. The van der Waals surface area contributed by atoms with Gasteiger partial charge in [-0.1, -0.05) is 28.1 Å². The molecule has 0 aliphatic rings. The molecule has 0 bridgehead atoms. The van der Waals surface area contributed by atoms with Crippen LogP contribution in [0.4, 0.5) is 0 Å². The van der Waals surface area contributed by atoms with Crippen LogP contribution in [-0.2, 0) is 13.2 Å². The minimum atomic E-state index is 0.405. The number of nitrogens with two attached hydrogens (primary N) is 1. The summed E-state index contributed by atoms with van der Waals surface area (Å²) in [5.41, 5.74) is 7.64. The predicted molar refractivity (Wildman–Crippen MR) is 78.3 cm³/mol. The third-order valence-corrected chi connectivity index (χ3v) is 3.36. The van der Waals surface area contributed by atoms with Crippen LogP contribution in [0.3, 0.4) is 0 Å². The largest absolute Gasteiger partial charge is 0.473 e. The van der Waals surface area contributed by atoms with Crippen molar-refractivity contribution in [1.29, 1.82) is 0 Å². The Balaban J connectivity index is 2.08. The summed E-state index contributed by atoms with van der Waals surface area (Å²) in [4.78, 5) is 4.22. The van der Waals surface area contributed by atoms with Crippen molar-refractivity contribution in [1.82, 2.24) is 4.98 Å². The number of aromatic nitrogens is 1. The summed E-state index contributed by atoms with van der Waals surface area (Å²) in [5.74, 6) is 0.587. The molecule has 0 saturated carbocycles. The van der Waals surface area contributed by atoms with Gasteiger partial charge in [-0.3, -0.25) is 0 Å². The van der Waals surface area contributed by atoms with E-state index in [1.165, 1.54) is 0 Å². The van der Waals surface area contributed by atoms with E-state index in [1.54, 1.807) is 6.20 Å². The second-order valence-corrected chi connectivity index (χ2v) is 5.57. The van der Waals surface area contributed by atoms with Crippen molar-refractivity contribution < 1.29 is 4.74 Å². The van der Waals surface area contributed by atoms with E-state index in [9.17, 15) is 0 Å². The van der Waals surface area contributed by atoms with Crippen molar-refractivity contribution in [3.63, 3.8) is 0 Å². The van der Waals surface area contributed by atoms with Gasteiger partial charge < -0.3 is 10.5 Å². The van der Waals surface area contributed by atoms with Crippen LogP contribution in [0.5, 0.6) is 5.88 Å². The van der Waals surface area contributed by atoms with Crippen LogP contribution in [0.1, 0.15) is 11.1 Å². The highest BCUT2D eigenvalue weighted by atomic mass is 79.9. The minimum Gasteiger partial charge on any atom is -0.473 e. The maximum Gasteiger partial charge on any atom is 0.218 e. The molecule has 0 atom stereocenters. The Morgan fingerprint density at radius 2 is 1.83 bits per heavy atom. The molecule has 1 aromatic carbocycles. The molecule has 0 aliphatic heterocycles. The first-order valence-electron chi connectivity index (χ1n) is 5.41. The van der Waals surface area contributed by atoms with E-state index < -0.39 is 0 Å². The van der Waals surface area contributed by atoms with Crippen molar-refractivity contribution >= 4 is 31.9 Å². The molecule has 0 unspecified atom stereocenters. The lowest BCUT2D eigenvalue weighted by atomic mass is 10.2. The van der Waals surface area contributed by atoms with Crippen LogP contribution in [0.25, 0.3) is 0 Å². The molecular formula is C13H12Br2N2O. The molecule has 0 fully saturated rings. The van der Waals surface area contributed by atoms with Crippen molar-refractivity contribution in [3.8, 4) is 5.88 Å². The Morgan fingerprint density at radius 1 is 1.11 bits per heavy atom. The Hall–Kier alpha value is -0.910. The number of halogens is 2. The third kappa shape index (κ3) is 3.54. The summed E-state index contributed by atoms with van der Waals surface area (Å²) >= 11 is 6.76. The minimum absolute atomic E-state index is 0.405. The SMILES string of the molecule is NCc1cc(Br)cnc1OCc1ccc(Br)cc1. The van der Waals surface area contributed by atoms with Crippen LogP contribution < -0.4 is 10.5 Å². The Labute approximate surface area is 123 Å². The van der Waals surface area contributed by atoms with E-state index in [-0.39, 0.29) is 0 Å². The fourth-order valence-corrected chi connectivity index (χ4v) is 2.12. The number of benzene rings is 1. The van der Waals surface area contributed by atoms with Gasteiger partial charge in [0.15, 0.2) is 0 Å². The number of rotatable bonds is 4. The quantitative estimate of drug-likeness (QED) is 0.892. The fourth-order valence-electron chi connectivity index (χ4n) is 1.48. The van der Waals surface area contributed by atoms with Crippen LogP contribution in [0, 0.1) is 0 Å². The predicted octanol–water partition coefficient (Wildman–Crippen LogP) is 3.64. The molecule has 1 aromatic heterocycles. The Kier molecular flexibility index (Phi) is 4.74. The molecule has 0 radical (unpaired) electrons. The van der Waals surface area contributed by atoms with Gasteiger partial charge in [-0.25, -0.2) is 4.98 Å². The standard InChI is InChI=1S/C13H12Br2N2O/c14-11-3-1-9(2-4-11)8-18-13-10(6-16)5-12(15)7-17-13/h1-5,7H,6,8,16H2. The zero-order valence-corrected chi connectivity index (χ0v) is 12.7. The maximum atomic E-state index is 5.68. The fraction of sp³-hybridized carbons (Fsp3) is 0.154. The number of nitrogens with zero attached hydrogens (tertiary/aromatic N) is 1. The second-order valence-electron chi connectivity index (χ2n) is 3.74. The number of hydrogen-bond acceptors (Lipinski definition) is 3. The smallest absolute Gasteiger partial charge is 0.218 e. The average Bonchev–Trinajstić information content (AvgIpc) is 2.39. The van der Waals surface area contributed by atoms with Gasteiger partial charge in [-0.05, 0) is 39.7 Å². The van der Waals surface area contributed by atoms with Gasteiger partial charge in [0.2, 0.25) is 5.88 Å². The summed E-state index contributed by atoms with van der Waals surface area (Å²) < 4.78 is 7.64. The average molecular weight is 372 g/mol. The molecule has 0 aliphatic carbocycles. The number of pyridine rings is 1. The maximum absolute atomic E-state index is 5.68. The van der Waals surface area contributed by atoms with Gasteiger partial charge in [0.25, 0.3) is 0 Å². The van der Waals surface area contributed by atoms with Gasteiger partial charge in [0.1, 0.15) is 6.61 Å². The molecule has 5 heteroatoms. The van der Waals surface area contributed by atoms with E-state index in [4.69, 9.17) is 10.5 Å². The molecular weight excluding hydrogens is 360 g/mol. The summed E-state index contributed by atoms with van der Waals surface area (Å²) in [6.07, 6.45) is 1.70. The monoisotopic (exact) mass is 370 g/mol. The van der Waals surface area contributed by atoms with E-state index in [1.807, 2.05) is 30.3 Å². The van der Waals surface area contributed by atoms with Crippen molar-refractivity contribution in [2.45, 2.75) is 13.2 Å². The molecule has 2 rings (SSSR count). The normalized spacial score (nSPS) is 10.4. The van der Waals surface area contributed by atoms with Crippen LogP contribution >= 0.6 is 31.9 Å². The first kappa shape index (κ1) is 13.5. The molecule has 0 amide bonds. The van der Waals surface area contributed by atoms with E-state index >= 15 is 0 Å². The third-order valence-electron chi connectivity index (χ3n) is 2.40. The first-order chi connectivity index (χ1) is 8.69. The molecule has 3 nitrogen and oxygen atoms in total. The van der Waals surface area contributed by atoms with E-state index in [2.05, 4.69) is 36.8 Å². The first-order valence-corrected chi connectivity index (χ1v) is 6.99. The van der Waals surface area contributed by atoms with Gasteiger partial charge in [-0.15, -0.1) is 0 Å². The summed E-state index contributed by atoms with van der Waals surface area (Å²) in [6, 6.07) is 9.90. The topological polar surface area (TPSA) is 48.1 Å². The molecule has 0 saturated heterocycles. The van der Waals surface area contributed by atoms with Gasteiger partial charge >= 0.3 is 0 Å². The van der Waals surface area contributed by atoms with E-state index in [0.29, 0.717) is 19.0 Å². The molecule has 0 spiro atoms. The van der Waals surface area contributed by atoms with Gasteiger partial charge in [0.05, 0.1) is 0 Å². The second kappa shape index (κ2) is 6.31. The molecule has 1 heterocycles. The highest BCUT2D eigenvalue weighted by Gasteiger charge is 2.05. The van der Waals surface area contributed by atoms with Crippen molar-refractivity contribution in [2.24, 2.45) is 5.73 Å². The zero-order chi connectivity index (χ0) is 13.0. The lowest BCUT2D eigenvalue weighted by molar-refractivity contribution is 0.290. The van der Waals surface area contributed by atoms with Crippen LogP contribution in [0.15, 0.2) is 45.5 Å². The van der Waals surface area contributed by atoms with E-state index in [0.717, 1.165) is 20.1 Å². The van der Waals surface area contributed by atoms with Crippen LogP contribution in [0.2, 0.25) is 0 Å². The highest BCUT2D eigenvalue weighted by Crippen LogP contribution is 2.20. The van der Waals surface area contributed by atoms with Gasteiger partial charge in [-0.2, -0.15) is 0 Å². The van der Waals surface area contributed by atoms with Crippen LogP contribution in [-0.4, -0.2) is 4.98 Å². The lowest BCUT2D eigenvalue weighted by Crippen LogP contribution is -2.04. The molecule has 2 aromatic rings. The molecule has 18 heavy (non-hydrogen) atoms. The van der Waals surface area contributed by atoms with Crippen molar-refractivity contribution in [2.75, 3.05) is 0 Å². The summed E-state index contributed by atoms with van der Waals surface area (Å²) in [6.45, 7) is 0.886. The number of ether oxygens (including phenoxy) is 1. The van der Waals surface area contributed by atoms with Crippen molar-refractivity contribution in [3.05, 3.63) is 56.6 Å². The summed E-state index contributed by atoms with van der Waals surface area (Å²) in [7, 11) is 0.